The van der Waals surface area contributed by atoms with Gasteiger partial charge in [-0.1, -0.05) is 13.8 Å². The molecule has 2 rings (SSSR count). The van der Waals surface area contributed by atoms with E-state index in [1.165, 1.54) is 38.5 Å². The van der Waals surface area contributed by atoms with Crippen LogP contribution in [0, 0.1) is 10.8 Å². The van der Waals surface area contributed by atoms with Crippen LogP contribution in [0.1, 0.15) is 58.8 Å². The van der Waals surface area contributed by atoms with Crippen LogP contribution in [-0.2, 0) is 0 Å². The molecular formula is C14H27NO. The van der Waals surface area contributed by atoms with Crippen molar-refractivity contribution in [3.63, 3.8) is 0 Å². The number of rotatable bonds is 5. The van der Waals surface area contributed by atoms with Crippen molar-refractivity contribution >= 4 is 0 Å². The molecule has 0 amide bonds. The standard InChI is InChI=1S/C14H27NO/c1-13(2)5-3-12(4-6-13)15-11-14(7-8-14)9-10-16/h12,15-16H,3-11H2,1-2H3. The average molecular weight is 225 g/mol. The summed E-state index contributed by atoms with van der Waals surface area (Å²) in [4.78, 5) is 0. The van der Waals surface area contributed by atoms with E-state index >= 15 is 0 Å². The largest absolute Gasteiger partial charge is 0.396 e. The van der Waals surface area contributed by atoms with Crippen molar-refractivity contribution in [2.75, 3.05) is 13.2 Å². The fourth-order valence-electron chi connectivity index (χ4n) is 2.89. The van der Waals surface area contributed by atoms with Gasteiger partial charge >= 0.3 is 0 Å². The van der Waals surface area contributed by atoms with E-state index < -0.39 is 0 Å². The van der Waals surface area contributed by atoms with Crippen LogP contribution >= 0.6 is 0 Å². The van der Waals surface area contributed by atoms with Gasteiger partial charge in [0.15, 0.2) is 0 Å². The van der Waals surface area contributed by atoms with Crippen LogP contribution in [0.15, 0.2) is 0 Å². The summed E-state index contributed by atoms with van der Waals surface area (Å²) in [6.45, 7) is 6.27. The number of nitrogens with one attached hydrogen (secondary N) is 1. The van der Waals surface area contributed by atoms with Crippen LogP contribution in [0.3, 0.4) is 0 Å². The van der Waals surface area contributed by atoms with Crippen LogP contribution in [-0.4, -0.2) is 24.3 Å². The lowest BCUT2D eigenvalue weighted by Gasteiger charge is -2.35. The van der Waals surface area contributed by atoms with Gasteiger partial charge in [-0.3, -0.25) is 0 Å². The smallest absolute Gasteiger partial charge is 0.0436 e. The molecular weight excluding hydrogens is 198 g/mol. The molecule has 0 atom stereocenters. The van der Waals surface area contributed by atoms with Gasteiger partial charge in [0.1, 0.15) is 0 Å². The van der Waals surface area contributed by atoms with Gasteiger partial charge in [-0.05, 0) is 55.8 Å². The van der Waals surface area contributed by atoms with Crippen LogP contribution in [0.2, 0.25) is 0 Å². The third-order valence-electron chi connectivity index (χ3n) is 4.70. The molecule has 0 aliphatic heterocycles. The van der Waals surface area contributed by atoms with Crippen molar-refractivity contribution < 1.29 is 5.11 Å². The van der Waals surface area contributed by atoms with E-state index in [9.17, 15) is 0 Å². The number of hydrogen-bond acceptors (Lipinski definition) is 2. The molecule has 0 aromatic heterocycles. The highest BCUT2D eigenvalue weighted by molar-refractivity contribution is 4.95. The zero-order valence-electron chi connectivity index (χ0n) is 10.9. The third kappa shape index (κ3) is 3.21. The SMILES string of the molecule is CC1(C)CCC(NCC2(CCO)CC2)CC1. The molecule has 0 radical (unpaired) electrons. The monoisotopic (exact) mass is 225 g/mol. The van der Waals surface area contributed by atoms with Crippen molar-refractivity contribution in [2.24, 2.45) is 10.8 Å². The summed E-state index contributed by atoms with van der Waals surface area (Å²) in [7, 11) is 0. The highest BCUT2D eigenvalue weighted by Crippen LogP contribution is 2.48. The molecule has 0 aromatic rings. The minimum Gasteiger partial charge on any atom is -0.396 e. The topological polar surface area (TPSA) is 32.3 Å². The number of aliphatic hydroxyl groups excluding tert-OH is 1. The molecule has 2 aliphatic rings. The Hall–Kier alpha value is -0.0800. The molecule has 2 aliphatic carbocycles. The Morgan fingerprint density at radius 3 is 2.25 bits per heavy atom. The second-order valence-corrected chi connectivity index (χ2v) is 6.79. The van der Waals surface area contributed by atoms with E-state index in [2.05, 4.69) is 19.2 Å². The molecule has 0 spiro atoms. The van der Waals surface area contributed by atoms with E-state index in [0.717, 1.165) is 19.0 Å². The maximum absolute atomic E-state index is 9.02. The Morgan fingerprint density at radius 1 is 1.12 bits per heavy atom. The van der Waals surface area contributed by atoms with Crippen molar-refractivity contribution in [1.29, 1.82) is 0 Å². The molecule has 0 heterocycles. The molecule has 0 unspecified atom stereocenters. The maximum Gasteiger partial charge on any atom is 0.0436 e. The first-order chi connectivity index (χ1) is 7.55. The molecule has 2 fully saturated rings. The van der Waals surface area contributed by atoms with Crippen LogP contribution < -0.4 is 5.32 Å². The highest BCUT2D eigenvalue weighted by atomic mass is 16.3. The molecule has 16 heavy (non-hydrogen) atoms. The van der Waals surface area contributed by atoms with Gasteiger partial charge in [0, 0.05) is 19.2 Å². The zero-order chi connectivity index (χ0) is 11.6. The first-order valence-electron chi connectivity index (χ1n) is 6.90. The average Bonchev–Trinajstić information content (AvgIpc) is 2.98. The number of aliphatic hydroxyl groups is 1. The third-order valence-corrected chi connectivity index (χ3v) is 4.70. The van der Waals surface area contributed by atoms with Gasteiger partial charge in [-0.15, -0.1) is 0 Å². The summed E-state index contributed by atoms with van der Waals surface area (Å²) in [6, 6.07) is 0.740. The van der Waals surface area contributed by atoms with E-state index in [-0.39, 0.29) is 0 Å². The predicted molar refractivity (Wildman–Crippen MR) is 67.4 cm³/mol. The Kier molecular flexibility index (Phi) is 3.60. The first-order valence-corrected chi connectivity index (χ1v) is 6.90. The normalized spacial score (nSPS) is 27.9. The van der Waals surface area contributed by atoms with E-state index in [1.807, 2.05) is 0 Å². The molecule has 0 aromatic carbocycles. The highest BCUT2D eigenvalue weighted by Gasteiger charge is 2.42. The first kappa shape index (κ1) is 12.4. The lowest BCUT2D eigenvalue weighted by atomic mass is 9.75. The minimum absolute atomic E-state index is 0.360. The molecule has 2 saturated carbocycles. The maximum atomic E-state index is 9.02. The van der Waals surface area contributed by atoms with E-state index in [1.54, 1.807) is 0 Å². The summed E-state index contributed by atoms with van der Waals surface area (Å²) >= 11 is 0. The molecule has 0 bridgehead atoms. The van der Waals surface area contributed by atoms with Crippen LogP contribution in [0.4, 0.5) is 0 Å². The van der Waals surface area contributed by atoms with Gasteiger partial charge in [-0.25, -0.2) is 0 Å². The molecule has 94 valence electrons. The lowest BCUT2D eigenvalue weighted by molar-refractivity contribution is 0.194. The summed E-state index contributed by atoms with van der Waals surface area (Å²) in [6.07, 6.45) is 9.02. The fourth-order valence-corrected chi connectivity index (χ4v) is 2.89. The van der Waals surface area contributed by atoms with Gasteiger partial charge in [0.2, 0.25) is 0 Å². The molecule has 0 saturated heterocycles. The van der Waals surface area contributed by atoms with Gasteiger partial charge in [0.25, 0.3) is 0 Å². The summed E-state index contributed by atoms with van der Waals surface area (Å²) in [5, 5.41) is 12.8. The van der Waals surface area contributed by atoms with Crippen molar-refractivity contribution in [3.05, 3.63) is 0 Å². The zero-order valence-corrected chi connectivity index (χ0v) is 10.9. The Bertz CT molecular complexity index is 223. The lowest BCUT2D eigenvalue weighted by Crippen LogP contribution is -2.38. The second kappa shape index (κ2) is 4.66. The Morgan fingerprint density at radius 2 is 1.75 bits per heavy atom. The molecule has 2 heteroatoms. The summed E-state index contributed by atoms with van der Waals surface area (Å²) in [5.41, 5.74) is 1.04. The quantitative estimate of drug-likeness (QED) is 0.754. The molecule has 2 nitrogen and oxygen atoms in total. The van der Waals surface area contributed by atoms with Crippen LogP contribution in [0.25, 0.3) is 0 Å². The second-order valence-electron chi connectivity index (χ2n) is 6.79. The van der Waals surface area contributed by atoms with Gasteiger partial charge in [-0.2, -0.15) is 0 Å². The Labute approximate surface area is 99.8 Å². The Balaban J connectivity index is 1.68. The van der Waals surface area contributed by atoms with Gasteiger partial charge in [0.05, 0.1) is 0 Å². The van der Waals surface area contributed by atoms with Gasteiger partial charge < -0.3 is 10.4 Å². The summed E-state index contributed by atoms with van der Waals surface area (Å²) in [5.74, 6) is 0. The van der Waals surface area contributed by atoms with E-state index in [0.29, 0.717) is 17.4 Å². The van der Waals surface area contributed by atoms with Crippen LogP contribution in [0.5, 0.6) is 0 Å². The fraction of sp³-hybridized carbons (Fsp3) is 1.00. The molecule has 2 N–H and O–H groups in total. The summed E-state index contributed by atoms with van der Waals surface area (Å²) < 4.78 is 0. The predicted octanol–water partition coefficient (Wildman–Crippen LogP) is 2.71. The van der Waals surface area contributed by atoms with Crippen molar-refractivity contribution in [2.45, 2.75) is 64.8 Å². The minimum atomic E-state index is 0.360. The van der Waals surface area contributed by atoms with Crippen molar-refractivity contribution in [1.82, 2.24) is 5.32 Å². The number of hydrogen-bond donors (Lipinski definition) is 2. The van der Waals surface area contributed by atoms with Crippen molar-refractivity contribution in [3.8, 4) is 0 Å². The van der Waals surface area contributed by atoms with E-state index in [4.69, 9.17) is 5.11 Å².